The van der Waals surface area contributed by atoms with Gasteiger partial charge in [0.1, 0.15) is 0 Å². The first-order valence-electron chi connectivity index (χ1n) is 9.99. The number of rotatable bonds is 3. The Morgan fingerprint density at radius 1 is 0.700 bits per heavy atom. The SMILES string of the molecule is Clc1ccc(/C=C2\CCc3c(-c4ccc(Cl)cc4)cc(-c4ccccc4)nc32)cc1. The predicted octanol–water partition coefficient (Wildman–Crippen LogP) is 8.21. The number of benzene rings is 3. The van der Waals surface area contributed by atoms with Crippen molar-refractivity contribution in [1.82, 2.24) is 4.98 Å². The Morgan fingerprint density at radius 3 is 2.07 bits per heavy atom. The highest BCUT2D eigenvalue weighted by atomic mass is 35.5. The molecular formula is C27H19Cl2N. The van der Waals surface area contributed by atoms with E-state index in [0.29, 0.717) is 0 Å². The van der Waals surface area contributed by atoms with Gasteiger partial charge in [0.05, 0.1) is 11.4 Å². The van der Waals surface area contributed by atoms with Crippen LogP contribution in [-0.4, -0.2) is 4.98 Å². The molecule has 0 saturated carbocycles. The largest absolute Gasteiger partial charge is 0.248 e. The van der Waals surface area contributed by atoms with Gasteiger partial charge in [-0.05, 0) is 77.1 Å². The normalized spacial score (nSPS) is 14.1. The highest BCUT2D eigenvalue weighted by Gasteiger charge is 2.23. The third kappa shape index (κ3) is 3.79. The first-order chi connectivity index (χ1) is 14.7. The van der Waals surface area contributed by atoms with Crippen LogP contribution in [0.15, 0.2) is 84.9 Å². The highest BCUT2D eigenvalue weighted by Crippen LogP contribution is 2.40. The van der Waals surface area contributed by atoms with Gasteiger partial charge in [-0.1, -0.05) is 77.8 Å². The second-order valence-electron chi connectivity index (χ2n) is 7.48. The van der Waals surface area contributed by atoms with E-state index in [1.807, 2.05) is 30.3 Å². The van der Waals surface area contributed by atoms with E-state index in [-0.39, 0.29) is 0 Å². The number of allylic oxidation sites excluding steroid dienone is 1. The van der Waals surface area contributed by atoms with Gasteiger partial charge < -0.3 is 0 Å². The van der Waals surface area contributed by atoms with Crippen LogP contribution in [0.25, 0.3) is 34.0 Å². The van der Waals surface area contributed by atoms with Crippen molar-refractivity contribution in [2.75, 3.05) is 0 Å². The van der Waals surface area contributed by atoms with Crippen molar-refractivity contribution in [3.05, 3.63) is 112 Å². The fourth-order valence-electron chi connectivity index (χ4n) is 4.01. The first kappa shape index (κ1) is 19.1. The Morgan fingerprint density at radius 2 is 1.37 bits per heavy atom. The van der Waals surface area contributed by atoms with Crippen LogP contribution in [0.2, 0.25) is 10.0 Å². The van der Waals surface area contributed by atoms with Crippen molar-refractivity contribution in [2.24, 2.45) is 0 Å². The van der Waals surface area contributed by atoms with Crippen LogP contribution in [0.1, 0.15) is 23.2 Å². The maximum Gasteiger partial charge on any atom is 0.0715 e. The van der Waals surface area contributed by atoms with Crippen LogP contribution in [0, 0.1) is 0 Å². The van der Waals surface area contributed by atoms with Gasteiger partial charge in [-0.25, -0.2) is 4.98 Å². The number of hydrogen-bond acceptors (Lipinski definition) is 1. The molecule has 1 aliphatic carbocycles. The summed E-state index contributed by atoms with van der Waals surface area (Å²) in [4.78, 5) is 5.10. The second-order valence-corrected chi connectivity index (χ2v) is 8.35. The average molecular weight is 428 g/mol. The number of pyridine rings is 1. The van der Waals surface area contributed by atoms with Gasteiger partial charge in [0.15, 0.2) is 0 Å². The van der Waals surface area contributed by atoms with Crippen LogP contribution in [0.4, 0.5) is 0 Å². The number of nitrogens with zero attached hydrogens (tertiary/aromatic N) is 1. The van der Waals surface area contributed by atoms with Crippen LogP contribution in [0.5, 0.6) is 0 Å². The molecule has 146 valence electrons. The molecule has 1 heterocycles. The molecule has 0 fully saturated rings. The molecule has 0 amide bonds. The van der Waals surface area contributed by atoms with Crippen LogP contribution >= 0.6 is 23.2 Å². The summed E-state index contributed by atoms with van der Waals surface area (Å²) in [6, 6.07) is 28.6. The molecule has 1 aromatic heterocycles. The molecule has 5 rings (SSSR count). The zero-order chi connectivity index (χ0) is 20.5. The Labute approximate surface area is 186 Å². The monoisotopic (exact) mass is 427 g/mol. The molecule has 0 saturated heterocycles. The van der Waals surface area contributed by atoms with Gasteiger partial charge in [-0.15, -0.1) is 0 Å². The average Bonchev–Trinajstić information content (AvgIpc) is 3.18. The molecule has 0 unspecified atom stereocenters. The van der Waals surface area contributed by atoms with Crippen LogP contribution in [-0.2, 0) is 6.42 Å². The summed E-state index contributed by atoms with van der Waals surface area (Å²) in [5.74, 6) is 0. The van der Waals surface area contributed by atoms with Gasteiger partial charge >= 0.3 is 0 Å². The molecule has 0 aliphatic heterocycles. The molecule has 1 nitrogen and oxygen atoms in total. The minimum absolute atomic E-state index is 0.746. The lowest BCUT2D eigenvalue weighted by Crippen LogP contribution is -1.96. The summed E-state index contributed by atoms with van der Waals surface area (Å²) in [5, 5.41) is 1.49. The highest BCUT2D eigenvalue weighted by molar-refractivity contribution is 6.30. The summed E-state index contributed by atoms with van der Waals surface area (Å²) < 4.78 is 0. The Hall–Kier alpha value is -2.87. The lowest BCUT2D eigenvalue weighted by molar-refractivity contribution is 1.08. The molecule has 0 spiro atoms. The van der Waals surface area contributed by atoms with E-state index < -0.39 is 0 Å². The third-order valence-corrected chi connectivity index (χ3v) is 6.01. The number of halogens is 2. The molecule has 0 bridgehead atoms. The molecule has 0 atom stereocenters. The van der Waals surface area contributed by atoms with Gasteiger partial charge in [0.2, 0.25) is 0 Å². The van der Waals surface area contributed by atoms with E-state index in [1.54, 1.807) is 0 Å². The van der Waals surface area contributed by atoms with Crippen molar-refractivity contribution in [1.29, 1.82) is 0 Å². The molecule has 3 heteroatoms. The van der Waals surface area contributed by atoms with Crippen molar-refractivity contribution in [3.8, 4) is 22.4 Å². The quantitative estimate of drug-likeness (QED) is 0.320. The zero-order valence-corrected chi connectivity index (χ0v) is 17.8. The molecule has 0 radical (unpaired) electrons. The molecule has 3 aromatic carbocycles. The van der Waals surface area contributed by atoms with Crippen LogP contribution in [0.3, 0.4) is 0 Å². The summed E-state index contributed by atoms with van der Waals surface area (Å²) >= 11 is 12.2. The Balaban J connectivity index is 1.69. The van der Waals surface area contributed by atoms with Crippen molar-refractivity contribution in [2.45, 2.75) is 12.8 Å². The maximum atomic E-state index is 6.14. The fraction of sp³-hybridized carbons (Fsp3) is 0.0741. The topological polar surface area (TPSA) is 12.9 Å². The molecule has 0 N–H and O–H groups in total. The predicted molar refractivity (Wildman–Crippen MR) is 128 cm³/mol. The molecule has 30 heavy (non-hydrogen) atoms. The lowest BCUT2D eigenvalue weighted by Gasteiger charge is -2.12. The Bertz CT molecular complexity index is 1220. The maximum absolute atomic E-state index is 6.14. The van der Waals surface area contributed by atoms with E-state index in [0.717, 1.165) is 45.4 Å². The summed E-state index contributed by atoms with van der Waals surface area (Å²) in [7, 11) is 0. The smallest absolute Gasteiger partial charge is 0.0715 e. The standard InChI is InChI=1S/C27H19Cl2N/c28-22-11-6-18(7-12-22)16-21-10-15-24-25(19-8-13-23(29)14-9-19)17-26(30-27(21)24)20-4-2-1-3-5-20/h1-9,11-14,16-17H,10,15H2/b21-16+. The van der Waals surface area contributed by atoms with E-state index in [4.69, 9.17) is 28.2 Å². The van der Waals surface area contributed by atoms with E-state index in [9.17, 15) is 0 Å². The minimum Gasteiger partial charge on any atom is -0.248 e. The van der Waals surface area contributed by atoms with E-state index in [1.165, 1.54) is 22.3 Å². The number of fused-ring (bicyclic) bond motifs is 1. The summed E-state index contributed by atoms with van der Waals surface area (Å²) in [5.41, 5.74) is 9.31. The summed E-state index contributed by atoms with van der Waals surface area (Å²) in [6.07, 6.45) is 4.19. The van der Waals surface area contributed by atoms with Gasteiger partial charge in [-0.3, -0.25) is 0 Å². The van der Waals surface area contributed by atoms with Gasteiger partial charge in [0, 0.05) is 15.6 Å². The minimum atomic E-state index is 0.746. The third-order valence-electron chi connectivity index (χ3n) is 5.51. The van der Waals surface area contributed by atoms with Gasteiger partial charge in [-0.2, -0.15) is 0 Å². The van der Waals surface area contributed by atoms with E-state index >= 15 is 0 Å². The number of aromatic nitrogens is 1. The molecular weight excluding hydrogens is 409 g/mol. The van der Waals surface area contributed by atoms with Crippen molar-refractivity contribution in [3.63, 3.8) is 0 Å². The first-order valence-corrected chi connectivity index (χ1v) is 10.7. The van der Waals surface area contributed by atoms with Crippen LogP contribution < -0.4 is 0 Å². The van der Waals surface area contributed by atoms with Crippen molar-refractivity contribution >= 4 is 34.9 Å². The fourth-order valence-corrected chi connectivity index (χ4v) is 4.26. The zero-order valence-electron chi connectivity index (χ0n) is 16.3. The summed E-state index contributed by atoms with van der Waals surface area (Å²) in [6.45, 7) is 0. The lowest BCUT2D eigenvalue weighted by atomic mass is 9.96. The molecule has 1 aliphatic rings. The Kier molecular flexibility index (Phi) is 5.16. The second kappa shape index (κ2) is 8.10. The molecule has 4 aromatic rings. The number of hydrogen-bond donors (Lipinski definition) is 0. The van der Waals surface area contributed by atoms with E-state index in [2.05, 4.69) is 60.7 Å². The van der Waals surface area contributed by atoms with Crippen molar-refractivity contribution < 1.29 is 0 Å². The van der Waals surface area contributed by atoms with Gasteiger partial charge in [0.25, 0.3) is 0 Å².